The van der Waals surface area contributed by atoms with E-state index < -0.39 is 0 Å². The van der Waals surface area contributed by atoms with Crippen molar-refractivity contribution < 1.29 is 4.79 Å². The number of aryl methyl sites for hydroxylation is 3. The van der Waals surface area contributed by atoms with Crippen LogP contribution in [-0.2, 0) is 13.0 Å². The van der Waals surface area contributed by atoms with Crippen LogP contribution >= 0.6 is 0 Å². The fraction of sp³-hybridized carbons (Fsp3) is 0.261. The number of amides is 1. The maximum absolute atomic E-state index is 12.8. The van der Waals surface area contributed by atoms with E-state index in [4.69, 9.17) is 0 Å². The van der Waals surface area contributed by atoms with Crippen LogP contribution in [-0.4, -0.2) is 17.0 Å². The summed E-state index contributed by atoms with van der Waals surface area (Å²) in [5.74, 6) is -0.000755. The number of aromatic nitrogens is 1. The first-order valence-electron chi connectivity index (χ1n) is 9.09. The lowest BCUT2D eigenvalue weighted by Gasteiger charge is -2.13. The Balaban J connectivity index is 1.73. The summed E-state index contributed by atoms with van der Waals surface area (Å²) >= 11 is 0. The molecule has 26 heavy (non-hydrogen) atoms. The third-order valence-corrected chi connectivity index (χ3v) is 4.67. The van der Waals surface area contributed by atoms with Crippen molar-refractivity contribution in [2.24, 2.45) is 0 Å². The highest BCUT2D eigenvalue weighted by atomic mass is 16.1. The van der Waals surface area contributed by atoms with Gasteiger partial charge in [0.25, 0.3) is 5.91 Å². The molecule has 1 heterocycles. The van der Waals surface area contributed by atoms with E-state index in [0.717, 1.165) is 23.4 Å². The summed E-state index contributed by atoms with van der Waals surface area (Å²) in [6, 6.07) is 20.8. The van der Waals surface area contributed by atoms with E-state index in [9.17, 15) is 4.79 Å². The molecule has 0 aliphatic carbocycles. The third-order valence-electron chi connectivity index (χ3n) is 4.67. The molecule has 0 aliphatic heterocycles. The molecule has 3 aromatic rings. The summed E-state index contributed by atoms with van der Waals surface area (Å²) in [6.07, 6.45) is 0.837. The van der Waals surface area contributed by atoms with Crippen molar-refractivity contribution in [3.05, 3.63) is 94.3 Å². The van der Waals surface area contributed by atoms with Crippen LogP contribution in [0.4, 0.5) is 0 Å². The van der Waals surface area contributed by atoms with Crippen molar-refractivity contribution in [1.29, 1.82) is 0 Å². The first kappa shape index (κ1) is 18.0. The van der Waals surface area contributed by atoms with Crippen LogP contribution in [0.15, 0.2) is 60.7 Å². The molecule has 3 nitrogen and oxygen atoms in total. The van der Waals surface area contributed by atoms with Gasteiger partial charge < -0.3 is 9.88 Å². The number of carbonyl (C=O) groups excluding carboxylic acids is 1. The summed E-state index contributed by atoms with van der Waals surface area (Å²) in [6.45, 7) is 7.50. The van der Waals surface area contributed by atoms with Gasteiger partial charge in [0.15, 0.2) is 0 Å². The molecule has 0 fully saturated rings. The van der Waals surface area contributed by atoms with E-state index in [1.807, 2.05) is 25.1 Å². The molecule has 0 aliphatic rings. The molecular formula is C23H26N2O. The molecule has 1 amide bonds. The van der Waals surface area contributed by atoms with Crippen molar-refractivity contribution in [2.75, 3.05) is 6.54 Å². The fourth-order valence-electron chi connectivity index (χ4n) is 3.40. The maximum atomic E-state index is 12.8. The molecule has 0 saturated heterocycles. The smallest absolute Gasteiger partial charge is 0.268 e. The second kappa shape index (κ2) is 8.05. The predicted molar refractivity (Wildman–Crippen MR) is 107 cm³/mol. The zero-order valence-corrected chi connectivity index (χ0v) is 15.8. The molecule has 0 saturated carbocycles. The SMILES string of the molecule is Cc1cccc(Cn2c(C)cc(C)c2C(=O)NCCc2ccccc2)c1. The molecule has 0 radical (unpaired) electrons. The molecule has 0 atom stereocenters. The van der Waals surface area contributed by atoms with Gasteiger partial charge in [0.2, 0.25) is 0 Å². The van der Waals surface area contributed by atoms with Crippen LogP contribution in [0.1, 0.15) is 38.4 Å². The minimum atomic E-state index is -0.000755. The number of hydrogen-bond acceptors (Lipinski definition) is 1. The van der Waals surface area contributed by atoms with E-state index in [1.165, 1.54) is 16.7 Å². The standard InChI is InChI=1S/C23H26N2O/c1-17-8-7-11-21(14-17)16-25-19(3)15-18(2)22(25)23(26)24-13-12-20-9-5-4-6-10-20/h4-11,14-15H,12-13,16H2,1-3H3,(H,24,26). The Labute approximate surface area is 155 Å². The lowest BCUT2D eigenvalue weighted by molar-refractivity contribution is 0.0944. The number of rotatable bonds is 6. The van der Waals surface area contributed by atoms with Crippen molar-refractivity contribution in [3.63, 3.8) is 0 Å². The van der Waals surface area contributed by atoms with E-state index in [0.29, 0.717) is 13.1 Å². The predicted octanol–water partition coefficient (Wildman–Crippen LogP) is 4.43. The molecule has 1 aromatic heterocycles. The Morgan fingerprint density at radius 3 is 2.38 bits per heavy atom. The van der Waals surface area contributed by atoms with E-state index in [2.05, 4.69) is 66.2 Å². The second-order valence-corrected chi connectivity index (χ2v) is 6.88. The van der Waals surface area contributed by atoms with Crippen LogP contribution in [0, 0.1) is 20.8 Å². The summed E-state index contributed by atoms with van der Waals surface area (Å²) in [5.41, 5.74) is 6.57. The number of benzene rings is 2. The molecule has 1 N–H and O–H groups in total. The van der Waals surface area contributed by atoms with Crippen LogP contribution in [0.25, 0.3) is 0 Å². The van der Waals surface area contributed by atoms with Crippen LogP contribution in [0.3, 0.4) is 0 Å². The van der Waals surface area contributed by atoms with Gasteiger partial charge in [-0.2, -0.15) is 0 Å². The Morgan fingerprint density at radius 1 is 0.923 bits per heavy atom. The topological polar surface area (TPSA) is 34.0 Å². The minimum absolute atomic E-state index is 0.000755. The quantitative estimate of drug-likeness (QED) is 0.704. The molecule has 2 aromatic carbocycles. The van der Waals surface area contributed by atoms with Crippen molar-refractivity contribution in [1.82, 2.24) is 9.88 Å². The van der Waals surface area contributed by atoms with Gasteiger partial charge >= 0.3 is 0 Å². The van der Waals surface area contributed by atoms with Crippen molar-refractivity contribution >= 4 is 5.91 Å². The highest BCUT2D eigenvalue weighted by Crippen LogP contribution is 2.18. The molecule has 3 rings (SSSR count). The molecule has 0 unspecified atom stereocenters. The van der Waals surface area contributed by atoms with Gasteiger partial charge in [-0.05, 0) is 49.9 Å². The molecule has 0 bridgehead atoms. The summed E-state index contributed by atoms with van der Waals surface area (Å²) < 4.78 is 2.11. The first-order valence-corrected chi connectivity index (χ1v) is 9.09. The molecule has 3 heteroatoms. The first-order chi connectivity index (χ1) is 12.5. The zero-order valence-electron chi connectivity index (χ0n) is 15.8. The van der Waals surface area contributed by atoms with Gasteiger partial charge in [0.1, 0.15) is 5.69 Å². The second-order valence-electron chi connectivity index (χ2n) is 6.88. The molecular weight excluding hydrogens is 320 g/mol. The average molecular weight is 346 g/mol. The number of nitrogens with zero attached hydrogens (tertiary/aromatic N) is 1. The minimum Gasteiger partial charge on any atom is -0.350 e. The summed E-state index contributed by atoms with van der Waals surface area (Å²) in [7, 11) is 0. The zero-order chi connectivity index (χ0) is 18.5. The lowest BCUT2D eigenvalue weighted by atomic mass is 10.1. The van der Waals surface area contributed by atoms with Gasteiger partial charge in [-0.25, -0.2) is 0 Å². The van der Waals surface area contributed by atoms with Gasteiger partial charge in [0, 0.05) is 18.8 Å². The highest BCUT2D eigenvalue weighted by molar-refractivity contribution is 5.94. The van der Waals surface area contributed by atoms with Crippen LogP contribution in [0.2, 0.25) is 0 Å². The Morgan fingerprint density at radius 2 is 1.65 bits per heavy atom. The van der Waals surface area contributed by atoms with Crippen molar-refractivity contribution in [2.45, 2.75) is 33.7 Å². The molecule has 0 spiro atoms. The Bertz CT molecular complexity index is 894. The van der Waals surface area contributed by atoms with E-state index in [1.54, 1.807) is 0 Å². The average Bonchev–Trinajstić information content (AvgIpc) is 2.89. The van der Waals surface area contributed by atoms with E-state index in [-0.39, 0.29) is 5.91 Å². The van der Waals surface area contributed by atoms with Gasteiger partial charge in [-0.15, -0.1) is 0 Å². The van der Waals surface area contributed by atoms with Crippen LogP contribution in [0.5, 0.6) is 0 Å². The number of nitrogens with one attached hydrogen (secondary N) is 1. The summed E-state index contributed by atoms with van der Waals surface area (Å²) in [5, 5.41) is 3.08. The van der Waals surface area contributed by atoms with Crippen LogP contribution < -0.4 is 5.32 Å². The maximum Gasteiger partial charge on any atom is 0.268 e. The number of hydrogen-bond donors (Lipinski definition) is 1. The monoisotopic (exact) mass is 346 g/mol. The Hall–Kier alpha value is -2.81. The fourth-order valence-corrected chi connectivity index (χ4v) is 3.40. The number of carbonyl (C=O) groups is 1. The van der Waals surface area contributed by atoms with Gasteiger partial charge in [0.05, 0.1) is 0 Å². The molecule has 134 valence electrons. The Kier molecular flexibility index (Phi) is 5.57. The highest BCUT2D eigenvalue weighted by Gasteiger charge is 2.17. The largest absolute Gasteiger partial charge is 0.350 e. The third kappa shape index (κ3) is 4.23. The van der Waals surface area contributed by atoms with Gasteiger partial charge in [-0.1, -0.05) is 60.2 Å². The normalized spacial score (nSPS) is 10.7. The lowest BCUT2D eigenvalue weighted by Crippen LogP contribution is -2.29. The van der Waals surface area contributed by atoms with Gasteiger partial charge in [-0.3, -0.25) is 4.79 Å². The summed E-state index contributed by atoms with van der Waals surface area (Å²) in [4.78, 5) is 12.8. The van der Waals surface area contributed by atoms with Crippen molar-refractivity contribution in [3.8, 4) is 0 Å². The van der Waals surface area contributed by atoms with E-state index >= 15 is 0 Å².